The summed E-state index contributed by atoms with van der Waals surface area (Å²) in [5, 5.41) is 20.4. The van der Waals surface area contributed by atoms with Crippen LogP contribution >= 0.6 is 0 Å². The molecule has 2 aliphatic carbocycles. The van der Waals surface area contributed by atoms with E-state index in [1.54, 1.807) is 0 Å². The first-order valence-corrected chi connectivity index (χ1v) is 7.75. The van der Waals surface area contributed by atoms with Crippen molar-refractivity contribution in [2.45, 2.75) is 77.8 Å². The second-order valence-electron chi connectivity index (χ2n) is 8.23. The second-order valence-corrected chi connectivity index (χ2v) is 8.23. The molecule has 3 aliphatic rings. The van der Waals surface area contributed by atoms with E-state index in [2.05, 4.69) is 27.7 Å². The Morgan fingerprint density at radius 2 is 1.68 bits per heavy atom. The number of aliphatic hydroxyl groups excluding tert-OH is 2. The zero-order valence-electron chi connectivity index (χ0n) is 12.6. The average Bonchev–Trinajstić information content (AvgIpc) is 2.49. The summed E-state index contributed by atoms with van der Waals surface area (Å²) in [6.07, 6.45) is 4.01. The molecule has 0 unspecified atom stereocenters. The summed E-state index contributed by atoms with van der Waals surface area (Å²) >= 11 is 0. The first-order chi connectivity index (χ1) is 8.71. The van der Waals surface area contributed by atoms with Crippen molar-refractivity contribution in [2.24, 2.45) is 22.7 Å². The van der Waals surface area contributed by atoms with Gasteiger partial charge in [0.1, 0.15) is 6.10 Å². The lowest BCUT2D eigenvalue weighted by atomic mass is 9.45. The number of hydrogen-bond acceptors (Lipinski definition) is 3. The van der Waals surface area contributed by atoms with E-state index in [4.69, 9.17) is 4.74 Å². The summed E-state index contributed by atoms with van der Waals surface area (Å²) in [5.74, 6) is 0.684. The Morgan fingerprint density at radius 1 is 1.00 bits per heavy atom. The van der Waals surface area contributed by atoms with Gasteiger partial charge >= 0.3 is 0 Å². The molecule has 3 heteroatoms. The average molecular weight is 268 g/mol. The van der Waals surface area contributed by atoms with Crippen LogP contribution in [0.5, 0.6) is 0 Å². The zero-order chi connectivity index (χ0) is 14.1. The lowest BCUT2D eigenvalue weighted by Crippen LogP contribution is -2.58. The quantitative estimate of drug-likeness (QED) is 0.710. The van der Waals surface area contributed by atoms with Crippen molar-refractivity contribution in [3.63, 3.8) is 0 Å². The van der Waals surface area contributed by atoms with E-state index in [1.807, 2.05) is 0 Å². The molecule has 110 valence electrons. The minimum Gasteiger partial charge on any atom is -0.387 e. The maximum absolute atomic E-state index is 10.5. The molecule has 1 heterocycles. The van der Waals surface area contributed by atoms with E-state index in [1.165, 1.54) is 12.8 Å². The maximum Gasteiger partial charge on any atom is 0.181 e. The predicted molar refractivity (Wildman–Crippen MR) is 73.5 cm³/mol. The van der Waals surface area contributed by atoms with Gasteiger partial charge < -0.3 is 14.9 Å². The van der Waals surface area contributed by atoms with Crippen LogP contribution in [0.15, 0.2) is 0 Å². The molecule has 2 N–H and O–H groups in total. The van der Waals surface area contributed by atoms with Crippen molar-refractivity contribution in [2.75, 3.05) is 0 Å². The molecule has 6 atom stereocenters. The Kier molecular flexibility index (Phi) is 2.88. The number of hydrogen-bond donors (Lipinski definition) is 2. The molecule has 0 radical (unpaired) electrons. The van der Waals surface area contributed by atoms with Gasteiger partial charge in [-0.25, -0.2) is 0 Å². The molecular formula is C16H28O3. The van der Waals surface area contributed by atoms with Gasteiger partial charge in [0.2, 0.25) is 0 Å². The summed E-state index contributed by atoms with van der Waals surface area (Å²) in [6.45, 7) is 9.15. The molecule has 0 bridgehead atoms. The highest BCUT2D eigenvalue weighted by atomic mass is 16.6. The highest BCUT2D eigenvalue weighted by molar-refractivity contribution is 5.12. The van der Waals surface area contributed by atoms with Crippen LogP contribution < -0.4 is 0 Å². The highest BCUT2D eigenvalue weighted by Crippen LogP contribution is 2.65. The number of rotatable bonds is 0. The minimum absolute atomic E-state index is 0.0633. The molecule has 3 nitrogen and oxygen atoms in total. The third-order valence-electron chi connectivity index (χ3n) is 6.60. The Balaban J connectivity index is 2.02. The van der Waals surface area contributed by atoms with Gasteiger partial charge in [0.15, 0.2) is 6.29 Å². The molecule has 1 aliphatic heterocycles. The molecule has 0 aromatic rings. The molecule has 19 heavy (non-hydrogen) atoms. The van der Waals surface area contributed by atoms with Gasteiger partial charge in [0, 0.05) is 5.92 Å². The number of fused-ring (bicyclic) bond motifs is 3. The monoisotopic (exact) mass is 268 g/mol. The smallest absolute Gasteiger partial charge is 0.181 e. The van der Waals surface area contributed by atoms with Gasteiger partial charge in [-0.3, -0.25) is 0 Å². The van der Waals surface area contributed by atoms with Crippen LogP contribution in [0.1, 0.15) is 59.8 Å². The van der Waals surface area contributed by atoms with Gasteiger partial charge in [0.05, 0.1) is 5.60 Å². The van der Waals surface area contributed by atoms with Gasteiger partial charge in [-0.15, -0.1) is 0 Å². The van der Waals surface area contributed by atoms with E-state index >= 15 is 0 Å². The van der Waals surface area contributed by atoms with Gasteiger partial charge in [-0.05, 0) is 49.4 Å². The largest absolute Gasteiger partial charge is 0.387 e. The van der Waals surface area contributed by atoms with E-state index in [0.29, 0.717) is 11.3 Å². The standard InChI is InChI=1S/C16H28O3/c1-14(2)7-5-8-15(3)10(14)6-9-16(4)12(15)11(17)13(18)19-16/h10-13,17-18H,5-9H2,1-4H3/t10-,11+,12+,13-,15-,16-/m0/s1. The third-order valence-corrected chi connectivity index (χ3v) is 6.60. The van der Waals surface area contributed by atoms with E-state index in [0.717, 1.165) is 19.3 Å². The van der Waals surface area contributed by atoms with Gasteiger partial charge in [-0.2, -0.15) is 0 Å². The fraction of sp³-hybridized carbons (Fsp3) is 1.00. The lowest BCUT2D eigenvalue weighted by Gasteiger charge is -2.60. The Bertz CT molecular complexity index is 380. The van der Waals surface area contributed by atoms with Crippen molar-refractivity contribution in [3.05, 3.63) is 0 Å². The SMILES string of the molecule is CC1(C)CCC[C@]2(C)[C@H]3[C@@H](O)[C@@H](O)O[C@@]3(C)CC[C@@H]12. The van der Waals surface area contributed by atoms with Crippen LogP contribution in [0.3, 0.4) is 0 Å². The van der Waals surface area contributed by atoms with Crippen molar-refractivity contribution in [1.29, 1.82) is 0 Å². The van der Waals surface area contributed by atoms with Crippen LogP contribution in [-0.2, 0) is 4.74 Å². The first-order valence-electron chi connectivity index (χ1n) is 7.75. The lowest BCUT2D eigenvalue weighted by molar-refractivity contribution is -0.181. The van der Waals surface area contributed by atoms with Crippen LogP contribution in [0.4, 0.5) is 0 Å². The van der Waals surface area contributed by atoms with Crippen LogP contribution in [-0.4, -0.2) is 28.2 Å². The Morgan fingerprint density at radius 3 is 2.37 bits per heavy atom. The topological polar surface area (TPSA) is 49.7 Å². The van der Waals surface area contributed by atoms with Crippen molar-refractivity contribution in [3.8, 4) is 0 Å². The fourth-order valence-corrected chi connectivity index (χ4v) is 5.94. The van der Waals surface area contributed by atoms with Crippen molar-refractivity contribution in [1.82, 2.24) is 0 Å². The van der Waals surface area contributed by atoms with E-state index < -0.39 is 12.4 Å². The number of aliphatic hydroxyl groups is 2. The van der Waals surface area contributed by atoms with Gasteiger partial charge in [0.25, 0.3) is 0 Å². The van der Waals surface area contributed by atoms with E-state index in [9.17, 15) is 10.2 Å². The number of ether oxygens (including phenoxy) is 1. The van der Waals surface area contributed by atoms with Gasteiger partial charge in [-0.1, -0.05) is 27.2 Å². The van der Waals surface area contributed by atoms with Crippen LogP contribution in [0.2, 0.25) is 0 Å². The minimum atomic E-state index is -1.00. The molecule has 0 spiro atoms. The Hall–Kier alpha value is -0.120. The molecule has 0 aromatic carbocycles. The summed E-state index contributed by atoms with van der Waals surface area (Å²) in [4.78, 5) is 0. The Labute approximate surface area is 116 Å². The summed E-state index contributed by atoms with van der Waals surface area (Å²) in [5.41, 5.74) is 0.0741. The summed E-state index contributed by atoms with van der Waals surface area (Å²) < 4.78 is 5.75. The summed E-state index contributed by atoms with van der Waals surface area (Å²) in [7, 11) is 0. The molecule has 3 rings (SSSR count). The molecule has 0 aromatic heterocycles. The van der Waals surface area contributed by atoms with Crippen LogP contribution in [0.25, 0.3) is 0 Å². The van der Waals surface area contributed by atoms with Crippen molar-refractivity contribution >= 4 is 0 Å². The molecule has 2 saturated carbocycles. The zero-order valence-corrected chi connectivity index (χ0v) is 12.6. The first kappa shape index (κ1) is 13.8. The van der Waals surface area contributed by atoms with E-state index in [-0.39, 0.29) is 16.9 Å². The predicted octanol–water partition coefficient (Wildman–Crippen LogP) is 2.70. The highest BCUT2D eigenvalue weighted by Gasteiger charge is 2.65. The maximum atomic E-state index is 10.5. The summed E-state index contributed by atoms with van der Waals surface area (Å²) in [6, 6.07) is 0. The second kappa shape index (κ2) is 3.96. The fourth-order valence-electron chi connectivity index (χ4n) is 5.94. The molecule has 3 fully saturated rings. The molecule has 0 amide bonds. The normalized spacial score (nSPS) is 56.5. The van der Waals surface area contributed by atoms with Crippen LogP contribution in [0, 0.1) is 22.7 Å². The third kappa shape index (κ3) is 1.74. The molecular weight excluding hydrogens is 240 g/mol. The molecule has 1 saturated heterocycles. The van der Waals surface area contributed by atoms with Crippen molar-refractivity contribution < 1.29 is 14.9 Å².